The molecule has 2 heterocycles. The van der Waals surface area contributed by atoms with E-state index in [-0.39, 0.29) is 5.91 Å². The van der Waals surface area contributed by atoms with Gasteiger partial charge in [0.1, 0.15) is 5.65 Å². The first-order chi connectivity index (χ1) is 11.6. The number of anilines is 1. The summed E-state index contributed by atoms with van der Waals surface area (Å²) < 4.78 is 2.02. The molecule has 3 aromatic rings. The molecule has 124 valence electrons. The van der Waals surface area contributed by atoms with Gasteiger partial charge < -0.3 is 15.5 Å². The Balaban J connectivity index is 2.03. The number of nitrogens with two attached hydrogens (primary N) is 1. The van der Waals surface area contributed by atoms with Crippen LogP contribution in [0.4, 0.5) is 5.69 Å². The number of imidazole rings is 1. The number of amides is 1. The molecule has 5 nitrogen and oxygen atoms in total. The summed E-state index contributed by atoms with van der Waals surface area (Å²) in [4.78, 5) is 16.5. The Labute approximate surface area is 145 Å². The topological polar surface area (TPSA) is 72.4 Å². The van der Waals surface area contributed by atoms with Gasteiger partial charge >= 0.3 is 0 Å². The fraction of sp³-hybridized carbons (Fsp3) is 0.222. The predicted molar refractivity (Wildman–Crippen MR) is 97.3 cm³/mol. The Bertz CT molecular complexity index is 871. The van der Waals surface area contributed by atoms with Crippen molar-refractivity contribution in [3.8, 4) is 11.3 Å². The molecule has 0 aliphatic rings. The van der Waals surface area contributed by atoms with E-state index in [1.54, 1.807) is 0 Å². The van der Waals surface area contributed by atoms with Crippen LogP contribution >= 0.6 is 11.6 Å². The van der Waals surface area contributed by atoms with Crippen molar-refractivity contribution >= 4 is 28.8 Å². The zero-order chi connectivity index (χ0) is 17.1. The number of carbonyl (C=O) groups is 1. The van der Waals surface area contributed by atoms with Crippen molar-refractivity contribution < 1.29 is 4.79 Å². The Kier molecular flexibility index (Phi) is 4.83. The Morgan fingerprint density at radius 3 is 2.67 bits per heavy atom. The molecule has 0 bridgehead atoms. The summed E-state index contributed by atoms with van der Waals surface area (Å²) in [5, 5.41) is 3.56. The number of aryl methyl sites for hydroxylation is 1. The number of pyridine rings is 1. The summed E-state index contributed by atoms with van der Waals surface area (Å²) in [7, 11) is 0. The second kappa shape index (κ2) is 7.03. The number of carbonyl (C=O) groups excluding carboxylic acids is 1. The number of aromatic nitrogens is 2. The van der Waals surface area contributed by atoms with Crippen LogP contribution in [0, 0.1) is 0 Å². The fourth-order valence-corrected chi connectivity index (χ4v) is 2.82. The lowest BCUT2D eigenvalue weighted by molar-refractivity contribution is -0.116. The summed E-state index contributed by atoms with van der Waals surface area (Å²) >= 11 is 5.97. The van der Waals surface area contributed by atoms with Crippen molar-refractivity contribution in [3.63, 3.8) is 0 Å². The first-order valence-corrected chi connectivity index (χ1v) is 8.27. The van der Waals surface area contributed by atoms with Crippen LogP contribution in [0.3, 0.4) is 0 Å². The van der Waals surface area contributed by atoms with Crippen molar-refractivity contribution in [3.05, 3.63) is 53.3 Å². The summed E-state index contributed by atoms with van der Waals surface area (Å²) in [6, 6.07) is 11.4. The molecular formula is C18H19ClN4O. The van der Waals surface area contributed by atoms with Gasteiger partial charge in [0.05, 0.1) is 17.1 Å². The van der Waals surface area contributed by atoms with Crippen LogP contribution in [0.2, 0.25) is 5.02 Å². The van der Waals surface area contributed by atoms with Gasteiger partial charge in [-0.1, -0.05) is 30.7 Å². The van der Waals surface area contributed by atoms with Gasteiger partial charge in [-0.05, 0) is 30.7 Å². The van der Waals surface area contributed by atoms with E-state index in [0.29, 0.717) is 18.0 Å². The third-order valence-corrected chi connectivity index (χ3v) is 4.08. The molecule has 0 unspecified atom stereocenters. The predicted octanol–water partition coefficient (Wildman–Crippen LogP) is 3.50. The number of nitrogens with one attached hydrogen (secondary N) is 1. The summed E-state index contributed by atoms with van der Waals surface area (Å²) in [5.41, 5.74) is 10.0. The number of halogens is 1. The van der Waals surface area contributed by atoms with Gasteiger partial charge in [0, 0.05) is 29.7 Å². The highest BCUT2D eigenvalue weighted by Crippen LogP contribution is 2.27. The molecule has 0 aliphatic carbocycles. The molecule has 24 heavy (non-hydrogen) atoms. The lowest BCUT2D eigenvalue weighted by Gasteiger charge is -2.07. The van der Waals surface area contributed by atoms with Gasteiger partial charge in [0.15, 0.2) is 0 Å². The van der Waals surface area contributed by atoms with E-state index in [2.05, 4.69) is 12.2 Å². The second-order valence-electron chi connectivity index (χ2n) is 5.50. The zero-order valence-corrected chi connectivity index (χ0v) is 14.2. The number of nitrogens with zero attached hydrogens (tertiary/aromatic N) is 2. The fourth-order valence-electron chi connectivity index (χ4n) is 2.70. The van der Waals surface area contributed by atoms with E-state index in [1.807, 2.05) is 47.0 Å². The average molecular weight is 343 g/mol. The van der Waals surface area contributed by atoms with Crippen LogP contribution in [0.5, 0.6) is 0 Å². The first-order valence-electron chi connectivity index (χ1n) is 7.89. The molecule has 6 heteroatoms. The van der Waals surface area contributed by atoms with E-state index in [0.717, 1.165) is 34.7 Å². The SMILES string of the molecule is CCc1c(-c2ccc(Cl)cc2)nc2ccc(NC(=O)CCN)cn12. The average Bonchev–Trinajstić information content (AvgIpc) is 2.93. The van der Waals surface area contributed by atoms with Crippen LogP contribution in [0.15, 0.2) is 42.6 Å². The molecular weight excluding hydrogens is 324 g/mol. The number of hydrogen-bond donors (Lipinski definition) is 2. The minimum absolute atomic E-state index is 0.0899. The van der Waals surface area contributed by atoms with Gasteiger partial charge in [0.2, 0.25) is 5.91 Å². The van der Waals surface area contributed by atoms with Gasteiger partial charge in [-0.15, -0.1) is 0 Å². The van der Waals surface area contributed by atoms with E-state index in [4.69, 9.17) is 22.3 Å². The van der Waals surface area contributed by atoms with Crippen molar-refractivity contribution in [2.75, 3.05) is 11.9 Å². The number of rotatable bonds is 5. The summed E-state index contributed by atoms with van der Waals surface area (Å²) in [5.74, 6) is -0.0899. The normalized spacial score (nSPS) is 11.0. The van der Waals surface area contributed by atoms with Crippen molar-refractivity contribution in [1.29, 1.82) is 0 Å². The molecule has 3 rings (SSSR count). The van der Waals surface area contributed by atoms with Crippen LogP contribution < -0.4 is 11.1 Å². The lowest BCUT2D eigenvalue weighted by atomic mass is 10.1. The highest BCUT2D eigenvalue weighted by atomic mass is 35.5. The van der Waals surface area contributed by atoms with Gasteiger partial charge in [0.25, 0.3) is 0 Å². The van der Waals surface area contributed by atoms with Gasteiger partial charge in [-0.2, -0.15) is 0 Å². The summed E-state index contributed by atoms with van der Waals surface area (Å²) in [6.07, 6.45) is 3.02. The molecule has 0 atom stereocenters. The van der Waals surface area contributed by atoms with Crippen LogP contribution in [0.25, 0.3) is 16.9 Å². The molecule has 0 radical (unpaired) electrons. The van der Waals surface area contributed by atoms with Crippen LogP contribution in [-0.4, -0.2) is 21.8 Å². The Morgan fingerprint density at radius 1 is 1.25 bits per heavy atom. The molecule has 3 N–H and O–H groups in total. The van der Waals surface area contributed by atoms with Crippen molar-refractivity contribution in [2.24, 2.45) is 5.73 Å². The third-order valence-electron chi connectivity index (χ3n) is 3.83. The largest absolute Gasteiger partial charge is 0.330 e. The maximum absolute atomic E-state index is 11.7. The number of benzene rings is 1. The highest BCUT2D eigenvalue weighted by molar-refractivity contribution is 6.30. The minimum Gasteiger partial charge on any atom is -0.330 e. The Morgan fingerprint density at radius 2 is 2.00 bits per heavy atom. The van der Waals surface area contributed by atoms with E-state index in [9.17, 15) is 4.79 Å². The summed E-state index contributed by atoms with van der Waals surface area (Å²) in [6.45, 7) is 2.42. The molecule has 0 aliphatic heterocycles. The van der Waals surface area contributed by atoms with Crippen molar-refractivity contribution in [1.82, 2.24) is 9.38 Å². The van der Waals surface area contributed by atoms with Gasteiger partial charge in [-0.3, -0.25) is 4.79 Å². The molecule has 0 saturated heterocycles. The monoisotopic (exact) mass is 342 g/mol. The van der Waals surface area contributed by atoms with Gasteiger partial charge in [-0.25, -0.2) is 4.98 Å². The molecule has 0 spiro atoms. The molecule has 1 amide bonds. The van der Waals surface area contributed by atoms with Crippen molar-refractivity contribution in [2.45, 2.75) is 19.8 Å². The van der Waals surface area contributed by atoms with Crippen LogP contribution in [0.1, 0.15) is 19.0 Å². The molecule has 2 aromatic heterocycles. The maximum atomic E-state index is 11.7. The van der Waals surface area contributed by atoms with E-state index < -0.39 is 0 Å². The van der Waals surface area contributed by atoms with E-state index >= 15 is 0 Å². The minimum atomic E-state index is -0.0899. The maximum Gasteiger partial charge on any atom is 0.225 e. The highest BCUT2D eigenvalue weighted by Gasteiger charge is 2.13. The first kappa shape index (κ1) is 16.5. The zero-order valence-electron chi connectivity index (χ0n) is 13.4. The number of fused-ring (bicyclic) bond motifs is 1. The van der Waals surface area contributed by atoms with E-state index in [1.165, 1.54) is 0 Å². The lowest BCUT2D eigenvalue weighted by Crippen LogP contribution is -2.16. The third kappa shape index (κ3) is 3.27. The van der Waals surface area contributed by atoms with Crippen LogP contribution in [-0.2, 0) is 11.2 Å². The molecule has 0 fully saturated rings. The standard InChI is InChI=1S/C18H19ClN4O/c1-2-15-18(12-3-5-13(19)6-4-12)22-16-8-7-14(11-23(15)16)21-17(24)9-10-20/h3-8,11H,2,9-10,20H2,1H3,(H,21,24). The quantitative estimate of drug-likeness (QED) is 0.745. The smallest absolute Gasteiger partial charge is 0.225 e. The number of hydrogen-bond acceptors (Lipinski definition) is 3. The molecule has 1 aromatic carbocycles. The Hall–Kier alpha value is -2.37. The second-order valence-corrected chi connectivity index (χ2v) is 5.94. The molecule has 0 saturated carbocycles.